The molecule has 32 heavy (non-hydrogen) atoms. The number of ether oxygens (including phenoxy) is 1. The Hall–Kier alpha value is -2.86. The second-order valence-corrected chi connectivity index (χ2v) is 9.10. The fourth-order valence-corrected chi connectivity index (χ4v) is 4.21. The highest BCUT2D eigenvalue weighted by Crippen LogP contribution is 2.52. The van der Waals surface area contributed by atoms with Gasteiger partial charge in [-0.25, -0.2) is 0 Å². The fraction of sp³-hybridized carbons (Fsp3) is 0.400. The Labute approximate surface area is 192 Å². The minimum absolute atomic E-state index is 0.0395. The number of benzene rings is 2. The van der Waals surface area contributed by atoms with Gasteiger partial charge in [-0.3, -0.25) is 4.79 Å². The maximum atomic E-state index is 10.7. The number of aliphatic carboxylic acids is 1. The van der Waals surface area contributed by atoms with Crippen molar-refractivity contribution in [3.8, 4) is 28.6 Å². The van der Waals surface area contributed by atoms with Crippen LogP contribution < -0.4 is 4.74 Å². The number of unbranched alkanes of at least 4 members (excludes halogenated alkanes) is 1. The van der Waals surface area contributed by atoms with E-state index < -0.39 is 5.97 Å². The first-order valence-electron chi connectivity index (χ1n) is 11.0. The Kier molecular flexibility index (Phi) is 6.51. The van der Waals surface area contributed by atoms with Crippen molar-refractivity contribution in [2.45, 2.75) is 63.9 Å². The number of hydrogen-bond donors (Lipinski definition) is 1. The summed E-state index contributed by atoms with van der Waals surface area (Å²) in [6.45, 7) is 3.90. The Balaban J connectivity index is 1.44. The molecular formula is C25H27ClN2O4. The third-order valence-corrected chi connectivity index (χ3v) is 6.17. The number of hydrogen-bond acceptors (Lipinski definition) is 5. The Morgan fingerprint density at radius 1 is 1.16 bits per heavy atom. The van der Waals surface area contributed by atoms with Crippen LogP contribution in [0.2, 0.25) is 5.02 Å². The van der Waals surface area contributed by atoms with Crippen molar-refractivity contribution in [1.82, 2.24) is 10.1 Å². The summed E-state index contributed by atoms with van der Waals surface area (Å²) in [6.07, 6.45) is 5.29. The van der Waals surface area contributed by atoms with Crippen molar-refractivity contribution in [3.63, 3.8) is 0 Å². The highest BCUT2D eigenvalue weighted by atomic mass is 35.5. The zero-order valence-electron chi connectivity index (χ0n) is 18.3. The van der Waals surface area contributed by atoms with Crippen LogP contribution in [0.4, 0.5) is 0 Å². The lowest BCUT2D eigenvalue weighted by molar-refractivity contribution is -0.137. The van der Waals surface area contributed by atoms with Crippen LogP contribution in [-0.4, -0.2) is 27.3 Å². The van der Waals surface area contributed by atoms with Gasteiger partial charge in [0, 0.05) is 17.5 Å². The molecule has 2 aromatic carbocycles. The molecule has 0 spiro atoms. The monoisotopic (exact) mass is 454 g/mol. The summed E-state index contributed by atoms with van der Waals surface area (Å²) < 4.78 is 11.2. The molecule has 0 saturated heterocycles. The Morgan fingerprint density at radius 3 is 2.50 bits per heavy atom. The van der Waals surface area contributed by atoms with E-state index in [2.05, 4.69) is 22.3 Å². The van der Waals surface area contributed by atoms with E-state index in [1.807, 2.05) is 38.1 Å². The molecule has 0 unspecified atom stereocenters. The predicted octanol–water partition coefficient (Wildman–Crippen LogP) is 6.52. The molecule has 1 N–H and O–H groups in total. The smallest absolute Gasteiger partial charge is 0.303 e. The lowest BCUT2D eigenvalue weighted by Crippen LogP contribution is -2.06. The molecule has 1 fully saturated rings. The van der Waals surface area contributed by atoms with Gasteiger partial charge in [-0.2, -0.15) is 4.98 Å². The molecule has 0 radical (unpaired) electrons. The molecule has 168 valence electrons. The first-order chi connectivity index (χ1) is 15.4. The van der Waals surface area contributed by atoms with Crippen molar-refractivity contribution in [3.05, 3.63) is 53.1 Å². The van der Waals surface area contributed by atoms with Gasteiger partial charge in [0.25, 0.3) is 5.89 Å². The van der Waals surface area contributed by atoms with Crippen LogP contribution in [0.25, 0.3) is 22.8 Å². The fourth-order valence-electron chi connectivity index (χ4n) is 3.99. The predicted molar refractivity (Wildman–Crippen MR) is 123 cm³/mol. The van der Waals surface area contributed by atoms with E-state index in [0.717, 1.165) is 43.2 Å². The van der Waals surface area contributed by atoms with Gasteiger partial charge in [0.1, 0.15) is 5.75 Å². The highest BCUT2D eigenvalue weighted by molar-refractivity contribution is 6.32. The van der Waals surface area contributed by atoms with Crippen LogP contribution in [0, 0.1) is 0 Å². The SMILES string of the molecule is CC(C)Oc1ccc(-c2noc(-c3ccc(C4(CCCCC(=O)O)CC4)cc3)n2)cc1Cl. The van der Waals surface area contributed by atoms with Crippen molar-refractivity contribution in [1.29, 1.82) is 0 Å². The van der Waals surface area contributed by atoms with Gasteiger partial charge in [0.05, 0.1) is 11.1 Å². The summed E-state index contributed by atoms with van der Waals surface area (Å²) in [4.78, 5) is 15.2. The zero-order valence-corrected chi connectivity index (χ0v) is 19.1. The molecule has 0 aliphatic heterocycles. The number of rotatable bonds is 10. The third-order valence-electron chi connectivity index (χ3n) is 5.87. The molecule has 4 rings (SSSR count). The van der Waals surface area contributed by atoms with Crippen LogP contribution in [-0.2, 0) is 10.2 Å². The van der Waals surface area contributed by atoms with E-state index in [1.54, 1.807) is 6.07 Å². The maximum absolute atomic E-state index is 10.7. The van der Waals surface area contributed by atoms with Gasteiger partial charge in [0.15, 0.2) is 0 Å². The zero-order chi connectivity index (χ0) is 22.7. The second-order valence-electron chi connectivity index (χ2n) is 8.69. The maximum Gasteiger partial charge on any atom is 0.303 e. The minimum atomic E-state index is -0.722. The van der Waals surface area contributed by atoms with E-state index in [1.165, 1.54) is 5.56 Å². The third kappa shape index (κ3) is 5.13. The number of halogens is 1. The molecule has 7 heteroatoms. The van der Waals surface area contributed by atoms with E-state index in [-0.39, 0.29) is 17.9 Å². The van der Waals surface area contributed by atoms with Gasteiger partial charge in [-0.1, -0.05) is 35.3 Å². The van der Waals surface area contributed by atoms with Crippen molar-refractivity contribution >= 4 is 17.6 Å². The van der Waals surface area contributed by atoms with Gasteiger partial charge in [-0.05, 0) is 80.8 Å². The summed E-state index contributed by atoms with van der Waals surface area (Å²) in [6, 6.07) is 13.7. The van der Waals surface area contributed by atoms with E-state index in [0.29, 0.717) is 22.5 Å². The molecule has 1 heterocycles. The minimum Gasteiger partial charge on any atom is -0.489 e. The van der Waals surface area contributed by atoms with Gasteiger partial charge < -0.3 is 14.4 Å². The molecule has 1 aromatic heterocycles. The molecule has 1 aliphatic carbocycles. The summed E-state index contributed by atoms with van der Waals surface area (Å²) >= 11 is 6.33. The van der Waals surface area contributed by atoms with Crippen molar-refractivity contribution < 1.29 is 19.2 Å². The summed E-state index contributed by atoms with van der Waals surface area (Å²) in [5.41, 5.74) is 3.12. The molecule has 1 aliphatic rings. The normalized spacial score (nSPS) is 14.5. The van der Waals surface area contributed by atoms with Gasteiger partial charge in [0.2, 0.25) is 5.82 Å². The topological polar surface area (TPSA) is 85.5 Å². The summed E-state index contributed by atoms with van der Waals surface area (Å²) in [5.74, 6) is 0.831. The average Bonchev–Trinajstić information content (AvgIpc) is 3.39. The second kappa shape index (κ2) is 9.33. The van der Waals surface area contributed by atoms with Crippen LogP contribution in [0.1, 0.15) is 57.9 Å². The van der Waals surface area contributed by atoms with Gasteiger partial charge >= 0.3 is 5.97 Å². The van der Waals surface area contributed by atoms with Gasteiger partial charge in [-0.15, -0.1) is 0 Å². The Bertz CT molecular complexity index is 1090. The highest BCUT2D eigenvalue weighted by Gasteiger charge is 2.43. The number of carboxylic acid groups (broad SMARTS) is 1. The summed E-state index contributed by atoms with van der Waals surface area (Å²) in [5, 5.41) is 13.4. The first-order valence-corrected chi connectivity index (χ1v) is 11.4. The molecule has 0 atom stereocenters. The number of aromatic nitrogens is 2. The number of carboxylic acids is 1. The average molecular weight is 455 g/mol. The van der Waals surface area contributed by atoms with E-state index in [4.69, 9.17) is 26.0 Å². The molecule has 6 nitrogen and oxygen atoms in total. The Morgan fingerprint density at radius 2 is 1.88 bits per heavy atom. The van der Waals surface area contributed by atoms with Crippen molar-refractivity contribution in [2.75, 3.05) is 0 Å². The number of carbonyl (C=O) groups is 1. The molecule has 1 saturated carbocycles. The van der Waals surface area contributed by atoms with Crippen molar-refractivity contribution in [2.24, 2.45) is 0 Å². The largest absolute Gasteiger partial charge is 0.489 e. The molecule has 0 amide bonds. The molecule has 0 bridgehead atoms. The first kappa shape index (κ1) is 22.3. The number of nitrogens with zero attached hydrogens (tertiary/aromatic N) is 2. The van der Waals surface area contributed by atoms with Crippen LogP contribution in [0.5, 0.6) is 5.75 Å². The lowest BCUT2D eigenvalue weighted by Gasteiger charge is -2.15. The standard InChI is InChI=1S/C25H27ClN2O4/c1-16(2)31-21-11-8-18(15-20(21)26)23-27-24(32-28-23)17-6-9-19(10-7-17)25(13-14-25)12-4-3-5-22(29)30/h6-11,15-16H,3-5,12-14H2,1-2H3,(H,29,30). The summed E-state index contributed by atoms with van der Waals surface area (Å²) in [7, 11) is 0. The lowest BCUT2D eigenvalue weighted by atomic mass is 9.89. The molecule has 3 aromatic rings. The van der Waals surface area contributed by atoms with Crippen LogP contribution in [0.15, 0.2) is 47.0 Å². The van der Waals surface area contributed by atoms with Crippen LogP contribution >= 0.6 is 11.6 Å². The quantitative estimate of drug-likeness (QED) is 0.351. The van der Waals surface area contributed by atoms with E-state index >= 15 is 0 Å². The van der Waals surface area contributed by atoms with Crippen LogP contribution in [0.3, 0.4) is 0 Å². The molecular weight excluding hydrogens is 428 g/mol. The van der Waals surface area contributed by atoms with E-state index in [9.17, 15) is 4.79 Å².